The molecule has 0 radical (unpaired) electrons. The Morgan fingerprint density at radius 1 is 0.226 bits per heavy atom. The lowest BCUT2D eigenvalue weighted by Gasteiger charge is -2.35. The van der Waals surface area contributed by atoms with Gasteiger partial charge in [-0.2, -0.15) is 0 Å². The van der Waals surface area contributed by atoms with Gasteiger partial charge in [-0.15, -0.1) is 0 Å². The van der Waals surface area contributed by atoms with E-state index in [0.29, 0.717) is 22.3 Å². The first-order valence-corrected chi connectivity index (χ1v) is 36.3. The molecule has 0 N–H and O–H groups in total. The maximum Gasteiger partial charge on any atom is 0.261 e. The van der Waals surface area contributed by atoms with Gasteiger partial charge in [0, 0.05) is 45.1 Å². The van der Waals surface area contributed by atoms with E-state index in [2.05, 4.69) is 52.0 Å². The number of imide groups is 2. The molecule has 6 heteroatoms. The van der Waals surface area contributed by atoms with Gasteiger partial charge < -0.3 is 0 Å². The Balaban J connectivity index is 1.07. The second-order valence-electron chi connectivity index (χ2n) is 26.7. The number of hydrogen-bond donors (Lipinski definition) is 0. The first kappa shape index (κ1) is 67.2. The first-order valence-electron chi connectivity index (χ1n) is 36.3. The lowest BCUT2D eigenvalue weighted by molar-refractivity contribution is 0.0501. The fourth-order valence-corrected chi connectivity index (χ4v) is 15.0. The molecule has 0 saturated heterocycles. The zero-order valence-corrected chi connectivity index (χ0v) is 54.2. The van der Waals surface area contributed by atoms with E-state index in [4.69, 9.17) is 0 Å². The van der Waals surface area contributed by atoms with E-state index in [1.54, 1.807) is 9.80 Å². The molecule has 7 rings (SSSR count). The predicted molar refractivity (Wildman–Crippen MR) is 361 cm³/mol. The molecule has 0 bridgehead atoms. The van der Waals surface area contributed by atoms with Crippen LogP contribution in [-0.2, 0) is 0 Å². The van der Waals surface area contributed by atoms with E-state index in [1.807, 2.05) is 24.3 Å². The Morgan fingerprint density at radius 3 is 0.571 bits per heavy atom. The highest BCUT2D eigenvalue weighted by molar-refractivity contribution is 6.41. The van der Waals surface area contributed by atoms with Crippen molar-refractivity contribution in [1.29, 1.82) is 0 Å². The van der Waals surface area contributed by atoms with Gasteiger partial charge in [0.2, 0.25) is 0 Å². The van der Waals surface area contributed by atoms with Crippen molar-refractivity contribution in [2.75, 3.05) is 0 Å². The second-order valence-corrected chi connectivity index (χ2v) is 26.7. The number of fused-ring (bicyclic) bond motifs is 2. The van der Waals surface area contributed by atoms with Gasteiger partial charge >= 0.3 is 0 Å². The lowest BCUT2D eigenvalue weighted by Crippen LogP contribution is -2.47. The fraction of sp³-hybridized carbons (Fsp3) is 0.692. The third-order valence-electron chi connectivity index (χ3n) is 20.0. The van der Waals surface area contributed by atoms with Gasteiger partial charge in [0.15, 0.2) is 0 Å². The highest BCUT2D eigenvalue weighted by Crippen LogP contribution is 2.47. The van der Waals surface area contributed by atoms with Crippen LogP contribution < -0.4 is 0 Å². The number of amides is 4. The molecule has 2 aliphatic heterocycles. The van der Waals surface area contributed by atoms with Crippen molar-refractivity contribution in [3.63, 3.8) is 0 Å². The van der Waals surface area contributed by atoms with Gasteiger partial charge in [-0.1, -0.05) is 334 Å². The van der Waals surface area contributed by atoms with Gasteiger partial charge in [-0.05, 0) is 82.3 Å². The Bertz CT molecular complexity index is 2380. The van der Waals surface area contributed by atoms with Crippen molar-refractivity contribution in [1.82, 2.24) is 9.80 Å². The van der Waals surface area contributed by atoms with Gasteiger partial charge in [0.1, 0.15) is 0 Å². The molecular weight excluding hydrogens is 1030 g/mol. The minimum Gasteiger partial charge on any atom is -0.271 e. The molecule has 0 unspecified atom stereocenters. The van der Waals surface area contributed by atoms with Crippen LogP contribution in [0.15, 0.2) is 48.5 Å². The van der Waals surface area contributed by atoms with Crippen LogP contribution in [0.1, 0.15) is 377 Å². The van der Waals surface area contributed by atoms with E-state index >= 15 is 19.2 Å². The van der Waals surface area contributed by atoms with Crippen LogP contribution in [0.4, 0.5) is 0 Å². The number of nitrogens with zero attached hydrogens (tertiary/aromatic N) is 2. The molecule has 2 heterocycles. The van der Waals surface area contributed by atoms with Crippen LogP contribution in [0.3, 0.4) is 0 Å². The van der Waals surface area contributed by atoms with Crippen LogP contribution in [0.5, 0.6) is 0 Å². The molecule has 2 aliphatic rings. The quantitative estimate of drug-likeness (QED) is 0.0168. The molecule has 464 valence electrons. The second kappa shape index (κ2) is 38.1. The van der Waals surface area contributed by atoms with Gasteiger partial charge in [-0.25, -0.2) is 0 Å². The average Bonchev–Trinajstić information content (AvgIpc) is 0.818. The van der Waals surface area contributed by atoms with E-state index < -0.39 is 0 Å². The molecule has 6 nitrogen and oxygen atoms in total. The summed E-state index contributed by atoms with van der Waals surface area (Å²) in [7, 11) is 0. The van der Waals surface area contributed by atoms with Crippen LogP contribution in [0.25, 0.3) is 43.1 Å². The third kappa shape index (κ3) is 18.8. The molecule has 0 atom stereocenters. The largest absolute Gasteiger partial charge is 0.271 e. The van der Waals surface area contributed by atoms with Crippen LogP contribution in [-0.4, -0.2) is 45.5 Å². The van der Waals surface area contributed by atoms with Gasteiger partial charge in [0.25, 0.3) is 23.6 Å². The summed E-state index contributed by atoms with van der Waals surface area (Å²) in [6.45, 7) is 9.12. The molecule has 0 saturated carbocycles. The van der Waals surface area contributed by atoms with Crippen molar-refractivity contribution in [3.05, 3.63) is 70.8 Å². The molecule has 5 aromatic carbocycles. The fourth-order valence-electron chi connectivity index (χ4n) is 15.0. The van der Waals surface area contributed by atoms with E-state index in [1.165, 1.54) is 231 Å². The smallest absolute Gasteiger partial charge is 0.261 e. The Kier molecular flexibility index (Phi) is 30.4. The normalized spacial score (nSPS) is 13.6. The molecule has 0 spiro atoms. The summed E-state index contributed by atoms with van der Waals surface area (Å²) in [4.78, 5) is 63.7. The molecule has 84 heavy (non-hydrogen) atoms. The Labute approximate surface area is 511 Å². The van der Waals surface area contributed by atoms with E-state index in [-0.39, 0.29) is 35.7 Å². The van der Waals surface area contributed by atoms with Crippen LogP contribution in [0.2, 0.25) is 0 Å². The molecule has 0 aromatic heterocycles. The highest BCUT2D eigenvalue weighted by atomic mass is 16.2. The molecule has 0 fully saturated rings. The minimum atomic E-state index is -0.157. The SMILES string of the molecule is CCCCCCCCCCCCCC(CCCCCCCCCCCCC)N1C(=O)c2ccc3c4ccc5c6c(ccc(c7ccc(c2c37)C1=O)c64)C(=O)N(C(CCCCCCCCCCCCC)CCCCCCCCCCCCC)C5=O. The third-order valence-corrected chi connectivity index (χ3v) is 20.0. The summed E-state index contributed by atoms with van der Waals surface area (Å²) in [5.41, 5.74) is 2.46. The first-order chi connectivity index (χ1) is 41.4. The molecular formula is C78H118N2O4. The van der Waals surface area contributed by atoms with E-state index in [0.717, 1.165) is 120 Å². The predicted octanol–water partition coefficient (Wildman–Crippen LogP) is 24.5. The van der Waals surface area contributed by atoms with Crippen LogP contribution in [0, 0.1) is 0 Å². The summed E-state index contributed by atoms with van der Waals surface area (Å²) in [5.74, 6) is -0.628. The number of hydrogen-bond acceptors (Lipinski definition) is 4. The average molecular weight is 1150 g/mol. The Hall–Kier alpha value is -4.32. The molecule has 0 aliphatic carbocycles. The Morgan fingerprint density at radius 2 is 0.393 bits per heavy atom. The van der Waals surface area contributed by atoms with Crippen molar-refractivity contribution in [3.8, 4) is 0 Å². The van der Waals surface area contributed by atoms with E-state index in [9.17, 15) is 0 Å². The number of unbranched alkanes of at least 4 members (excludes halogenated alkanes) is 40. The monoisotopic (exact) mass is 1150 g/mol. The lowest BCUT2D eigenvalue weighted by atomic mass is 9.81. The van der Waals surface area contributed by atoms with Gasteiger partial charge in [0.05, 0.1) is 0 Å². The minimum absolute atomic E-state index is 0.122. The topological polar surface area (TPSA) is 74.8 Å². The summed E-state index contributed by atoms with van der Waals surface area (Å²) in [6, 6.07) is 16.0. The zero-order valence-electron chi connectivity index (χ0n) is 54.2. The van der Waals surface area contributed by atoms with Crippen LogP contribution >= 0.6 is 0 Å². The number of benzene rings is 5. The number of carbonyl (C=O) groups excluding carboxylic acids is 4. The van der Waals surface area contributed by atoms with Gasteiger partial charge in [-0.3, -0.25) is 29.0 Å². The maximum atomic E-state index is 15.1. The number of rotatable bonds is 50. The zero-order chi connectivity index (χ0) is 59.1. The van der Waals surface area contributed by atoms with Crippen molar-refractivity contribution >= 4 is 66.7 Å². The maximum absolute atomic E-state index is 15.1. The summed E-state index contributed by atoms with van der Waals surface area (Å²) in [6.07, 6.45) is 59.5. The van der Waals surface area contributed by atoms with Crippen molar-refractivity contribution in [2.24, 2.45) is 0 Å². The summed E-state index contributed by atoms with van der Waals surface area (Å²) >= 11 is 0. The summed E-state index contributed by atoms with van der Waals surface area (Å²) < 4.78 is 0. The van der Waals surface area contributed by atoms with Crippen molar-refractivity contribution in [2.45, 2.75) is 348 Å². The summed E-state index contributed by atoms with van der Waals surface area (Å²) in [5, 5.41) is 7.22. The standard InChI is InChI=1S/C78H118N2O4/c1-5-9-13-17-21-25-29-33-37-41-45-49-61(50-46-42-38-34-30-26-22-18-14-10-6-2)79-75(81)67-57-53-63-65-55-59-69-74-70(60-56-66(72(65)74)64-54-58-68(76(79)82)73(67)71(63)64)78(84)80(77(69)83)62(51-47-43-39-35-31-27-23-19-15-11-7-3)52-48-44-40-36-32-28-24-20-16-12-8-4/h53-62H,5-52H2,1-4H3. The highest BCUT2D eigenvalue weighted by Gasteiger charge is 2.40. The molecule has 5 aromatic rings. The van der Waals surface area contributed by atoms with Crippen molar-refractivity contribution < 1.29 is 19.2 Å². The number of carbonyl (C=O) groups is 4. The molecule has 4 amide bonds.